The van der Waals surface area contributed by atoms with Gasteiger partial charge in [0.15, 0.2) is 5.11 Å². The number of nitrogens with one attached hydrogen (secondary N) is 2. The number of rotatable bonds is 7. The second-order valence-corrected chi connectivity index (χ2v) is 6.63. The van der Waals surface area contributed by atoms with Crippen molar-refractivity contribution in [3.05, 3.63) is 84.4 Å². The number of anilines is 1. The summed E-state index contributed by atoms with van der Waals surface area (Å²) >= 11 is 5.23. The van der Waals surface area contributed by atoms with Gasteiger partial charge in [0.2, 0.25) is 0 Å². The van der Waals surface area contributed by atoms with E-state index in [2.05, 4.69) is 10.6 Å². The van der Waals surface area contributed by atoms with E-state index < -0.39 is 0 Å². The van der Waals surface area contributed by atoms with Crippen LogP contribution in [-0.2, 0) is 0 Å². The van der Waals surface area contributed by atoms with Crippen molar-refractivity contribution in [3.8, 4) is 17.2 Å². The lowest BCUT2D eigenvalue weighted by Crippen LogP contribution is -2.34. The molecule has 5 nitrogen and oxygen atoms in total. The lowest BCUT2D eigenvalue weighted by molar-refractivity contribution is 0.0977. The molecule has 0 aliphatic rings. The Hall–Kier alpha value is -3.38. The van der Waals surface area contributed by atoms with Crippen LogP contribution < -0.4 is 20.1 Å². The zero-order valence-electron chi connectivity index (χ0n) is 16.1. The highest BCUT2D eigenvalue weighted by Gasteiger charge is 2.08. The van der Waals surface area contributed by atoms with Gasteiger partial charge in [0, 0.05) is 11.3 Å². The van der Waals surface area contributed by atoms with Crippen molar-refractivity contribution in [2.75, 3.05) is 11.9 Å². The highest BCUT2D eigenvalue weighted by atomic mass is 32.1. The topological polar surface area (TPSA) is 59.6 Å². The molecule has 0 radical (unpaired) electrons. The van der Waals surface area contributed by atoms with E-state index in [0.29, 0.717) is 17.9 Å². The molecular formula is C23H22N2O3S. The fourth-order valence-electron chi connectivity index (χ4n) is 2.49. The number of para-hydroxylation sites is 1. The van der Waals surface area contributed by atoms with Crippen LogP contribution >= 0.6 is 12.2 Å². The highest BCUT2D eigenvalue weighted by Crippen LogP contribution is 2.22. The third-order valence-electron chi connectivity index (χ3n) is 3.91. The van der Waals surface area contributed by atoms with Crippen LogP contribution in [-0.4, -0.2) is 17.6 Å². The largest absolute Gasteiger partial charge is 0.494 e. The van der Waals surface area contributed by atoms with Gasteiger partial charge in [-0.3, -0.25) is 10.1 Å². The predicted molar refractivity (Wildman–Crippen MR) is 119 cm³/mol. The molecule has 2 N–H and O–H groups in total. The molecule has 0 atom stereocenters. The van der Waals surface area contributed by atoms with Crippen LogP contribution in [0.15, 0.2) is 78.9 Å². The number of carbonyl (C=O) groups excluding carboxylic acids is 1. The first-order valence-corrected chi connectivity index (χ1v) is 9.73. The van der Waals surface area contributed by atoms with Crippen LogP contribution in [0.25, 0.3) is 0 Å². The first-order chi connectivity index (χ1) is 14.1. The maximum atomic E-state index is 12.3. The number of thiocarbonyl (C=S) groups is 1. The predicted octanol–water partition coefficient (Wildman–Crippen LogP) is 5.39. The van der Waals surface area contributed by atoms with E-state index in [1.807, 2.05) is 61.5 Å². The van der Waals surface area contributed by atoms with E-state index in [0.717, 1.165) is 23.6 Å². The van der Waals surface area contributed by atoms with E-state index in [1.165, 1.54) is 0 Å². The van der Waals surface area contributed by atoms with Gasteiger partial charge in [-0.05, 0) is 79.3 Å². The average molecular weight is 407 g/mol. The zero-order valence-corrected chi connectivity index (χ0v) is 16.9. The van der Waals surface area contributed by atoms with Crippen LogP contribution in [0.5, 0.6) is 17.2 Å². The van der Waals surface area contributed by atoms with Gasteiger partial charge in [0.25, 0.3) is 5.91 Å². The van der Waals surface area contributed by atoms with Crippen molar-refractivity contribution in [1.29, 1.82) is 0 Å². The summed E-state index contributed by atoms with van der Waals surface area (Å²) in [7, 11) is 0. The summed E-state index contributed by atoms with van der Waals surface area (Å²) in [5.74, 6) is 1.93. The summed E-state index contributed by atoms with van der Waals surface area (Å²) in [6.07, 6.45) is 0.932. The van der Waals surface area contributed by atoms with Gasteiger partial charge >= 0.3 is 0 Å². The molecule has 0 aliphatic carbocycles. The third kappa shape index (κ3) is 6.33. The van der Waals surface area contributed by atoms with Crippen molar-refractivity contribution >= 4 is 28.9 Å². The third-order valence-corrected chi connectivity index (χ3v) is 4.11. The van der Waals surface area contributed by atoms with Gasteiger partial charge in [-0.15, -0.1) is 0 Å². The molecule has 0 saturated heterocycles. The summed E-state index contributed by atoms with van der Waals surface area (Å²) in [5.41, 5.74) is 1.25. The van der Waals surface area contributed by atoms with Crippen molar-refractivity contribution in [2.24, 2.45) is 0 Å². The monoisotopic (exact) mass is 406 g/mol. The average Bonchev–Trinajstić information content (AvgIpc) is 2.74. The molecule has 0 unspecified atom stereocenters. The Balaban J connectivity index is 1.51. The van der Waals surface area contributed by atoms with Crippen LogP contribution in [0.4, 0.5) is 5.69 Å². The SMILES string of the molecule is CCCOc1ccc(C(=O)NC(=S)Nc2ccc(Oc3ccccc3)cc2)cc1. The molecule has 6 heteroatoms. The molecule has 0 aliphatic heterocycles. The summed E-state index contributed by atoms with van der Waals surface area (Å²) in [5, 5.41) is 5.88. The molecule has 0 bridgehead atoms. The molecule has 3 aromatic carbocycles. The lowest BCUT2D eigenvalue weighted by atomic mass is 10.2. The van der Waals surface area contributed by atoms with Gasteiger partial charge in [-0.25, -0.2) is 0 Å². The first kappa shape index (κ1) is 20.4. The maximum absolute atomic E-state index is 12.3. The van der Waals surface area contributed by atoms with Crippen LogP contribution in [0.1, 0.15) is 23.7 Å². The van der Waals surface area contributed by atoms with Crippen molar-refractivity contribution < 1.29 is 14.3 Å². The fourth-order valence-corrected chi connectivity index (χ4v) is 2.70. The van der Waals surface area contributed by atoms with Gasteiger partial charge < -0.3 is 14.8 Å². The molecule has 148 valence electrons. The van der Waals surface area contributed by atoms with Gasteiger partial charge in [-0.2, -0.15) is 0 Å². The van der Waals surface area contributed by atoms with E-state index in [9.17, 15) is 4.79 Å². The number of hydrogen-bond acceptors (Lipinski definition) is 4. The van der Waals surface area contributed by atoms with Crippen LogP contribution in [0, 0.1) is 0 Å². The van der Waals surface area contributed by atoms with Crippen molar-refractivity contribution in [2.45, 2.75) is 13.3 Å². The van der Waals surface area contributed by atoms with E-state index in [1.54, 1.807) is 24.3 Å². The van der Waals surface area contributed by atoms with Gasteiger partial charge in [0.1, 0.15) is 17.2 Å². The second kappa shape index (κ2) is 10.2. The lowest BCUT2D eigenvalue weighted by Gasteiger charge is -2.11. The van der Waals surface area contributed by atoms with Crippen molar-refractivity contribution in [1.82, 2.24) is 5.32 Å². The molecule has 3 aromatic rings. The Bertz CT molecular complexity index is 942. The second-order valence-electron chi connectivity index (χ2n) is 6.22. The number of benzene rings is 3. The van der Waals surface area contributed by atoms with E-state index >= 15 is 0 Å². The maximum Gasteiger partial charge on any atom is 0.257 e. The quantitative estimate of drug-likeness (QED) is 0.515. The number of hydrogen-bond donors (Lipinski definition) is 2. The Kier molecular flexibility index (Phi) is 7.19. The van der Waals surface area contributed by atoms with Crippen LogP contribution in [0.2, 0.25) is 0 Å². The van der Waals surface area contributed by atoms with E-state index in [4.69, 9.17) is 21.7 Å². The minimum absolute atomic E-state index is 0.220. The number of carbonyl (C=O) groups is 1. The number of amides is 1. The molecular weight excluding hydrogens is 384 g/mol. The Morgan fingerprint density at radius 2 is 1.48 bits per heavy atom. The molecule has 1 amide bonds. The summed E-state index contributed by atoms with van der Waals surface area (Å²) in [6.45, 7) is 2.69. The van der Waals surface area contributed by atoms with E-state index in [-0.39, 0.29) is 11.0 Å². The fraction of sp³-hybridized carbons (Fsp3) is 0.130. The molecule has 3 rings (SSSR count). The Morgan fingerprint density at radius 3 is 2.14 bits per heavy atom. The smallest absolute Gasteiger partial charge is 0.257 e. The molecule has 0 aromatic heterocycles. The van der Waals surface area contributed by atoms with Crippen molar-refractivity contribution in [3.63, 3.8) is 0 Å². The molecule has 0 spiro atoms. The number of ether oxygens (including phenoxy) is 2. The normalized spacial score (nSPS) is 10.1. The minimum Gasteiger partial charge on any atom is -0.494 e. The summed E-state index contributed by atoms with van der Waals surface area (Å²) < 4.78 is 11.3. The molecule has 0 heterocycles. The van der Waals surface area contributed by atoms with Gasteiger partial charge in [-0.1, -0.05) is 25.1 Å². The minimum atomic E-state index is -0.284. The van der Waals surface area contributed by atoms with Gasteiger partial charge in [0.05, 0.1) is 6.61 Å². The Morgan fingerprint density at radius 1 is 0.862 bits per heavy atom. The highest BCUT2D eigenvalue weighted by molar-refractivity contribution is 7.80. The molecule has 0 saturated carbocycles. The molecule has 0 fully saturated rings. The Labute approximate surface area is 175 Å². The zero-order chi connectivity index (χ0) is 20.5. The standard InChI is InChI=1S/C23H22N2O3S/c1-2-16-27-19-12-8-17(9-13-19)22(26)25-23(29)24-18-10-14-21(15-11-18)28-20-6-4-3-5-7-20/h3-15H,2,16H2,1H3,(H2,24,25,26,29). The van der Waals surface area contributed by atoms with Crippen LogP contribution in [0.3, 0.4) is 0 Å². The summed E-state index contributed by atoms with van der Waals surface area (Å²) in [4.78, 5) is 12.3. The summed E-state index contributed by atoms with van der Waals surface area (Å²) in [6, 6.07) is 23.8. The first-order valence-electron chi connectivity index (χ1n) is 9.32. The molecule has 29 heavy (non-hydrogen) atoms.